The number of hydrogen-bond donors (Lipinski definition) is 1. The molecule has 3 aromatic rings. The zero-order valence-electron chi connectivity index (χ0n) is 22.9. The Morgan fingerprint density at radius 3 is 2.43 bits per heavy atom. The number of hydrogen-bond acceptors (Lipinski definition) is 7. The van der Waals surface area contributed by atoms with Crippen LogP contribution in [-0.4, -0.2) is 42.2 Å². The molecule has 1 saturated heterocycles. The van der Waals surface area contributed by atoms with E-state index in [1.54, 1.807) is 37.3 Å². The van der Waals surface area contributed by atoms with E-state index < -0.39 is 35.3 Å². The SMILES string of the molecule is CCOc1cc(/C=C2\SC(=O)N(CC(=O)Nc3cc(C(F)(F)F)ccc3OC)C2=O)c(Br)cc1OCc1ccc(Cl)cc1Cl. The Hall–Kier alpha value is -3.39. The van der Waals surface area contributed by atoms with Gasteiger partial charge in [0.2, 0.25) is 5.91 Å². The third-order valence-electron chi connectivity index (χ3n) is 6.02. The lowest BCUT2D eigenvalue weighted by Crippen LogP contribution is -2.36. The van der Waals surface area contributed by atoms with E-state index in [-0.39, 0.29) is 22.9 Å². The van der Waals surface area contributed by atoms with Gasteiger partial charge < -0.3 is 19.5 Å². The number of imide groups is 1. The van der Waals surface area contributed by atoms with Crippen molar-refractivity contribution in [1.82, 2.24) is 4.90 Å². The molecule has 44 heavy (non-hydrogen) atoms. The fraction of sp³-hybridized carbons (Fsp3) is 0.207. The van der Waals surface area contributed by atoms with Gasteiger partial charge in [0.1, 0.15) is 18.9 Å². The molecule has 1 aliphatic heterocycles. The van der Waals surface area contributed by atoms with Crippen LogP contribution in [0.4, 0.5) is 23.7 Å². The van der Waals surface area contributed by atoms with Gasteiger partial charge in [-0.2, -0.15) is 13.2 Å². The number of thioether (sulfide) groups is 1. The van der Waals surface area contributed by atoms with Crippen LogP contribution in [0.3, 0.4) is 0 Å². The minimum Gasteiger partial charge on any atom is -0.495 e. The quantitative estimate of drug-likeness (QED) is 0.209. The Morgan fingerprint density at radius 2 is 1.77 bits per heavy atom. The number of methoxy groups -OCH3 is 1. The number of carbonyl (C=O) groups excluding carboxylic acids is 3. The summed E-state index contributed by atoms with van der Waals surface area (Å²) in [4.78, 5) is 39.1. The number of amides is 3. The van der Waals surface area contributed by atoms with Gasteiger partial charge in [-0.25, -0.2) is 0 Å². The molecule has 3 aromatic carbocycles. The van der Waals surface area contributed by atoms with Crippen LogP contribution in [0, 0.1) is 0 Å². The first-order valence-corrected chi connectivity index (χ1v) is 15.0. The van der Waals surface area contributed by atoms with Crippen molar-refractivity contribution >= 4 is 79.7 Å². The molecule has 8 nitrogen and oxygen atoms in total. The summed E-state index contributed by atoms with van der Waals surface area (Å²) in [7, 11) is 1.22. The average Bonchev–Trinajstić information content (AvgIpc) is 3.21. The van der Waals surface area contributed by atoms with E-state index >= 15 is 0 Å². The second-order valence-electron chi connectivity index (χ2n) is 9.01. The molecule has 1 fully saturated rings. The molecule has 4 rings (SSSR count). The smallest absolute Gasteiger partial charge is 0.416 e. The number of anilines is 1. The molecule has 1 heterocycles. The highest BCUT2D eigenvalue weighted by Gasteiger charge is 2.37. The van der Waals surface area contributed by atoms with Gasteiger partial charge in [0, 0.05) is 20.1 Å². The van der Waals surface area contributed by atoms with E-state index in [9.17, 15) is 27.6 Å². The maximum atomic E-state index is 13.2. The molecule has 0 bridgehead atoms. The Balaban J connectivity index is 1.51. The van der Waals surface area contributed by atoms with Crippen LogP contribution in [0.2, 0.25) is 10.0 Å². The summed E-state index contributed by atoms with van der Waals surface area (Å²) in [5.41, 5.74) is -0.0929. The van der Waals surface area contributed by atoms with Gasteiger partial charge in [-0.3, -0.25) is 19.3 Å². The van der Waals surface area contributed by atoms with E-state index in [0.29, 0.717) is 66.5 Å². The highest BCUT2D eigenvalue weighted by Crippen LogP contribution is 2.39. The van der Waals surface area contributed by atoms with E-state index in [4.69, 9.17) is 37.4 Å². The Morgan fingerprint density at radius 1 is 1.05 bits per heavy atom. The first-order chi connectivity index (χ1) is 20.8. The second kappa shape index (κ2) is 14.1. The molecule has 0 unspecified atom stereocenters. The van der Waals surface area contributed by atoms with Gasteiger partial charge in [0.25, 0.3) is 11.1 Å². The highest BCUT2D eigenvalue weighted by molar-refractivity contribution is 9.10. The summed E-state index contributed by atoms with van der Waals surface area (Å²) in [6.45, 7) is 1.48. The van der Waals surface area contributed by atoms with Crippen LogP contribution >= 0.6 is 50.9 Å². The fourth-order valence-corrected chi connectivity index (χ4v) is 5.66. The molecule has 1 aliphatic rings. The van der Waals surface area contributed by atoms with Gasteiger partial charge in [0.05, 0.1) is 29.9 Å². The zero-order valence-corrected chi connectivity index (χ0v) is 26.8. The van der Waals surface area contributed by atoms with Crippen LogP contribution in [0.5, 0.6) is 17.2 Å². The van der Waals surface area contributed by atoms with Crippen LogP contribution < -0.4 is 19.5 Å². The molecule has 3 amide bonds. The first kappa shape index (κ1) is 33.5. The van der Waals surface area contributed by atoms with Gasteiger partial charge in [0.15, 0.2) is 11.5 Å². The molecule has 0 aromatic heterocycles. The van der Waals surface area contributed by atoms with Crippen molar-refractivity contribution < 1.29 is 41.8 Å². The van der Waals surface area contributed by atoms with Gasteiger partial charge >= 0.3 is 6.18 Å². The third-order valence-corrected chi connectivity index (χ3v) is 8.21. The van der Waals surface area contributed by atoms with E-state index in [1.807, 2.05) is 0 Å². The summed E-state index contributed by atoms with van der Waals surface area (Å²) in [6.07, 6.45) is -3.21. The predicted molar refractivity (Wildman–Crippen MR) is 165 cm³/mol. The van der Waals surface area contributed by atoms with Gasteiger partial charge in [-0.05, 0) is 72.8 Å². The molecule has 232 valence electrons. The molecular weight excluding hydrogens is 712 g/mol. The van der Waals surface area contributed by atoms with Crippen molar-refractivity contribution in [2.75, 3.05) is 25.6 Å². The van der Waals surface area contributed by atoms with Crippen molar-refractivity contribution in [3.63, 3.8) is 0 Å². The molecule has 0 aliphatic carbocycles. The maximum Gasteiger partial charge on any atom is 0.416 e. The molecule has 0 spiro atoms. The lowest BCUT2D eigenvalue weighted by Gasteiger charge is -2.16. The Bertz CT molecular complexity index is 1650. The highest BCUT2D eigenvalue weighted by atomic mass is 79.9. The zero-order chi connectivity index (χ0) is 32.2. The molecular formula is C29H22BrCl2F3N2O6S. The number of nitrogens with zero attached hydrogens (tertiary/aromatic N) is 1. The minimum atomic E-state index is -4.66. The van der Waals surface area contributed by atoms with Crippen LogP contribution in [0.15, 0.2) is 57.9 Å². The summed E-state index contributed by atoms with van der Waals surface area (Å²) in [5.74, 6) is -0.932. The number of ether oxygens (including phenoxy) is 3. The number of carbonyl (C=O) groups is 3. The number of nitrogens with one attached hydrogen (secondary N) is 1. The van der Waals surface area contributed by atoms with Gasteiger partial charge in [-0.1, -0.05) is 45.2 Å². The van der Waals surface area contributed by atoms with Crippen LogP contribution in [0.1, 0.15) is 23.6 Å². The Labute approximate surface area is 272 Å². The standard InChI is InChI=1S/C29H22BrCl2F3N2O6S/c1-3-42-23-8-16(19(30)12-24(23)43-14-15-4-6-18(31)11-20(15)32)9-25-27(39)37(28(40)44-25)13-26(38)36-21-10-17(29(33,34)35)5-7-22(21)41-2/h4-12H,3,13-14H2,1-2H3,(H,36,38)/b25-9-. The summed E-state index contributed by atoms with van der Waals surface area (Å²) in [6, 6.07) is 10.8. The monoisotopic (exact) mass is 732 g/mol. The Kier molecular flexibility index (Phi) is 10.8. The van der Waals surface area contributed by atoms with Crippen molar-refractivity contribution in [3.05, 3.63) is 84.6 Å². The van der Waals surface area contributed by atoms with Crippen LogP contribution in [-0.2, 0) is 22.4 Å². The minimum absolute atomic E-state index is 0.0178. The molecule has 15 heteroatoms. The lowest BCUT2D eigenvalue weighted by molar-refractivity contribution is -0.137. The normalized spacial score (nSPS) is 14.3. The van der Waals surface area contributed by atoms with Crippen molar-refractivity contribution in [3.8, 4) is 17.2 Å². The van der Waals surface area contributed by atoms with Gasteiger partial charge in [-0.15, -0.1) is 0 Å². The molecule has 0 radical (unpaired) electrons. The third kappa shape index (κ3) is 8.00. The second-order valence-corrected chi connectivity index (χ2v) is 11.7. The van der Waals surface area contributed by atoms with E-state index in [1.165, 1.54) is 13.2 Å². The molecule has 0 saturated carbocycles. The first-order valence-electron chi connectivity index (χ1n) is 12.6. The molecule has 0 atom stereocenters. The number of halogens is 6. The van der Waals surface area contributed by atoms with Crippen molar-refractivity contribution in [2.45, 2.75) is 19.7 Å². The summed E-state index contributed by atoms with van der Waals surface area (Å²) >= 11 is 16.3. The average molecular weight is 734 g/mol. The van der Waals surface area contributed by atoms with Crippen LogP contribution in [0.25, 0.3) is 6.08 Å². The largest absolute Gasteiger partial charge is 0.495 e. The van der Waals surface area contributed by atoms with Crippen molar-refractivity contribution in [1.29, 1.82) is 0 Å². The maximum absolute atomic E-state index is 13.2. The summed E-state index contributed by atoms with van der Waals surface area (Å²) < 4.78 is 56.7. The number of alkyl halides is 3. The number of rotatable bonds is 10. The fourth-order valence-electron chi connectivity index (χ4n) is 3.93. The lowest BCUT2D eigenvalue weighted by atomic mass is 10.1. The number of benzene rings is 3. The van der Waals surface area contributed by atoms with Crippen molar-refractivity contribution in [2.24, 2.45) is 0 Å². The topological polar surface area (TPSA) is 94.2 Å². The summed E-state index contributed by atoms with van der Waals surface area (Å²) in [5, 5.41) is 2.48. The predicted octanol–water partition coefficient (Wildman–Crippen LogP) is 8.44. The van der Waals surface area contributed by atoms with E-state index in [2.05, 4.69) is 21.2 Å². The molecule has 1 N–H and O–H groups in total. The van der Waals surface area contributed by atoms with E-state index in [0.717, 1.165) is 12.1 Å².